The summed E-state index contributed by atoms with van der Waals surface area (Å²) in [6.07, 6.45) is 6.28. The van der Waals surface area contributed by atoms with E-state index in [1.54, 1.807) is 4.31 Å². The van der Waals surface area contributed by atoms with Crippen molar-refractivity contribution < 1.29 is 12.6 Å². The quantitative estimate of drug-likeness (QED) is 0.294. The number of halogens is 1. The largest absolute Gasteiger partial charge is 0.357 e. The molecule has 2 rings (SSSR count). The number of sulfonamides is 1. The van der Waals surface area contributed by atoms with Crippen LogP contribution in [0.3, 0.4) is 0 Å². The van der Waals surface area contributed by atoms with Crippen LogP contribution in [0.5, 0.6) is 0 Å². The molecule has 10 heteroatoms. The summed E-state index contributed by atoms with van der Waals surface area (Å²) < 4.78 is 36.9. The van der Waals surface area contributed by atoms with Crippen molar-refractivity contribution in [3.63, 3.8) is 0 Å². The van der Waals surface area contributed by atoms with Crippen LogP contribution in [-0.2, 0) is 20.8 Å². The van der Waals surface area contributed by atoms with E-state index >= 15 is 0 Å². The maximum Gasteiger partial charge on any atom is 0.211 e. The van der Waals surface area contributed by atoms with Gasteiger partial charge in [-0.15, -0.1) is 24.0 Å². The van der Waals surface area contributed by atoms with Crippen LogP contribution in [-0.4, -0.2) is 72.4 Å². The Bertz CT molecular complexity index is 615. The van der Waals surface area contributed by atoms with Crippen LogP contribution in [0.25, 0.3) is 0 Å². The molecule has 1 aliphatic heterocycles. The molecular weight excluding hydrogens is 499 g/mol. The summed E-state index contributed by atoms with van der Waals surface area (Å²) in [4.78, 5) is 4.69. The molecule has 2 aliphatic rings. The zero-order valence-corrected chi connectivity index (χ0v) is 20.6. The van der Waals surface area contributed by atoms with Gasteiger partial charge in [0.2, 0.25) is 10.0 Å². The van der Waals surface area contributed by atoms with Crippen LogP contribution >= 0.6 is 24.0 Å². The molecule has 1 saturated heterocycles. The predicted molar refractivity (Wildman–Crippen MR) is 124 cm³/mol. The molecule has 1 aliphatic carbocycles. The summed E-state index contributed by atoms with van der Waals surface area (Å²) in [6.45, 7) is 6.58. The van der Waals surface area contributed by atoms with Crippen molar-refractivity contribution in [3.8, 4) is 0 Å². The van der Waals surface area contributed by atoms with Crippen molar-refractivity contribution >= 4 is 50.8 Å². The number of aliphatic imine (C=N–C) groups is 1. The summed E-state index contributed by atoms with van der Waals surface area (Å²) in [5.74, 6) is 1.79. The van der Waals surface area contributed by atoms with Crippen molar-refractivity contribution in [2.24, 2.45) is 10.9 Å². The van der Waals surface area contributed by atoms with Gasteiger partial charge in [-0.25, -0.2) is 12.7 Å². The maximum atomic E-state index is 12.1. The van der Waals surface area contributed by atoms with Gasteiger partial charge in [-0.05, 0) is 38.5 Å². The van der Waals surface area contributed by atoms with Crippen LogP contribution < -0.4 is 10.6 Å². The first-order valence-electron chi connectivity index (χ1n) is 9.70. The van der Waals surface area contributed by atoms with E-state index in [0.717, 1.165) is 50.4 Å². The third-order valence-electron chi connectivity index (χ3n) is 5.19. The molecule has 0 spiro atoms. The van der Waals surface area contributed by atoms with E-state index < -0.39 is 20.8 Å². The number of nitrogens with zero attached hydrogens (tertiary/aromatic N) is 2. The zero-order chi connectivity index (χ0) is 19.2. The Morgan fingerprint density at radius 2 is 2.00 bits per heavy atom. The lowest BCUT2D eigenvalue weighted by Gasteiger charge is -2.30. The highest BCUT2D eigenvalue weighted by Crippen LogP contribution is 2.23. The molecule has 4 unspecified atom stereocenters. The molecule has 1 heterocycles. The predicted octanol–water partition coefficient (Wildman–Crippen LogP) is 1.52. The summed E-state index contributed by atoms with van der Waals surface area (Å²) >= 11 is 0. The van der Waals surface area contributed by atoms with Crippen LogP contribution in [0.1, 0.15) is 46.0 Å². The number of nitrogens with one attached hydrogen (secondary N) is 2. The van der Waals surface area contributed by atoms with Gasteiger partial charge in [0.05, 0.1) is 6.26 Å². The molecule has 2 N–H and O–H groups in total. The Kier molecular flexibility index (Phi) is 11.1. The lowest BCUT2D eigenvalue weighted by molar-refractivity contribution is 0.413. The average Bonchev–Trinajstić information content (AvgIpc) is 3.09. The Labute approximate surface area is 184 Å². The van der Waals surface area contributed by atoms with Crippen LogP contribution in [0.4, 0.5) is 0 Å². The van der Waals surface area contributed by atoms with E-state index in [1.165, 1.54) is 6.26 Å². The SMILES string of the molecule is CCNC(=NCC1CCN(S(C)(=O)=O)C1)NC1CCCC(S(=O)CC)C1.I. The smallest absolute Gasteiger partial charge is 0.211 e. The minimum atomic E-state index is -3.10. The molecule has 7 nitrogen and oxygen atoms in total. The zero-order valence-electron chi connectivity index (χ0n) is 16.6. The fourth-order valence-corrected chi connectivity index (χ4v) is 6.00. The van der Waals surface area contributed by atoms with Gasteiger partial charge in [0.15, 0.2) is 5.96 Å². The topological polar surface area (TPSA) is 90.9 Å². The first-order valence-corrected chi connectivity index (χ1v) is 12.9. The monoisotopic (exact) mass is 534 g/mol. The van der Waals surface area contributed by atoms with Gasteiger partial charge in [-0.3, -0.25) is 9.20 Å². The third kappa shape index (κ3) is 8.14. The fraction of sp³-hybridized carbons (Fsp3) is 0.941. The highest BCUT2D eigenvalue weighted by molar-refractivity contribution is 14.0. The van der Waals surface area contributed by atoms with E-state index in [-0.39, 0.29) is 35.1 Å². The van der Waals surface area contributed by atoms with Gasteiger partial charge >= 0.3 is 0 Å². The Morgan fingerprint density at radius 1 is 1.26 bits per heavy atom. The minimum absolute atomic E-state index is 0. The van der Waals surface area contributed by atoms with Crippen molar-refractivity contribution in [1.82, 2.24) is 14.9 Å². The minimum Gasteiger partial charge on any atom is -0.357 e. The average molecular weight is 535 g/mol. The van der Waals surface area contributed by atoms with Gasteiger partial charge in [-0.1, -0.05) is 13.3 Å². The Balaban J connectivity index is 0.00000364. The first kappa shape index (κ1) is 25.1. The second-order valence-corrected chi connectivity index (χ2v) is 11.3. The van der Waals surface area contributed by atoms with Gasteiger partial charge < -0.3 is 10.6 Å². The molecular formula is C17H35IN4O3S2. The molecule has 4 atom stereocenters. The van der Waals surface area contributed by atoms with Gasteiger partial charge in [0.25, 0.3) is 0 Å². The molecule has 0 amide bonds. The standard InChI is InChI=1S/C17H34N4O3S2.HI/c1-4-18-17(19-12-14-9-10-21(13-14)26(3,23)24)20-15-7-6-8-16(11-15)25(22)5-2;/h14-16H,4-13H2,1-3H3,(H2,18,19,20);1H. The lowest BCUT2D eigenvalue weighted by Crippen LogP contribution is -2.46. The molecule has 0 aromatic rings. The number of rotatable bonds is 7. The van der Waals surface area contributed by atoms with Crippen molar-refractivity contribution in [2.45, 2.75) is 57.2 Å². The molecule has 0 aromatic heterocycles. The Morgan fingerprint density at radius 3 is 2.59 bits per heavy atom. The summed E-state index contributed by atoms with van der Waals surface area (Å²) in [6, 6.07) is 0.304. The third-order valence-corrected chi connectivity index (χ3v) is 8.20. The molecule has 27 heavy (non-hydrogen) atoms. The Hall–Kier alpha value is 0.0600. The number of hydrogen-bond acceptors (Lipinski definition) is 4. The molecule has 0 bridgehead atoms. The first-order chi connectivity index (χ1) is 12.3. The number of guanidine groups is 1. The second-order valence-electron chi connectivity index (χ2n) is 7.29. The van der Waals surface area contributed by atoms with E-state index in [0.29, 0.717) is 25.7 Å². The number of hydrogen-bond donors (Lipinski definition) is 2. The van der Waals surface area contributed by atoms with Gasteiger partial charge in [0.1, 0.15) is 0 Å². The van der Waals surface area contributed by atoms with Crippen LogP contribution in [0.15, 0.2) is 4.99 Å². The molecule has 0 radical (unpaired) electrons. The van der Waals surface area contributed by atoms with E-state index in [2.05, 4.69) is 10.6 Å². The highest BCUT2D eigenvalue weighted by atomic mass is 127. The maximum absolute atomic E-state index is 12.1. The summed E-state index contributed by atoms with van der Waals surface area (Å²) in [5, 5.41) is 7.07. The van der Waals surface area contributed by atoms with Gasteiger partial charge in [-0.2, -0.15) is 0 Å². The molecule has 160 valence electrons. The van der Waals surface area contributed by atoms with E-state index in [1.807, 2.05) is 13.8 Å². The van der Waals surface area contributed by atoms with E-state index in [4.69, 9.17) is 4.99 Å². The lowest BCUT2D eigenvalue weighted by atomic mass is 9.95. The summed E-state index contributed by atoms with van der Waals surface area (Å²) in [5.41, 5.74) is 0. The molecule has 0 aromatic carbocycles. The van der Waals surface area contributed by atoms with Crippen LogP contribution in [0, 0.1) is 5.92 Å². The highest BCUT2D eigenvalue weighted by Gasteiger charge is 2.29. The van der Waals surface area contributed by atoms with E-state index in [9.17, 15) is 12.6 Å². The fourth-order valence-electron chi connectivity index (χ4n) is 3.73. The summed E-state index contributed by atoms with van der Waals surface area (Å²) in [7, 11) is -3.83. The van der Waals surface area contributed by atoms with Crippen molar-refractivity contribution in [1.29, 1.82) is 0 Å². The molecule has 2 fully saturated rings. The second kappa shape index (κ2) is 11.9. The van der Waals surface area contributed by atoms with Crippen molar-refractivity contribution in [2.75, 3.05) is 38.2 Å². The van der Waals surface area contributed by atoms with Crippen molar-refractivity contribution in [3.05, 3.63) is 0 Å². The van der Waals surface area contributed by atoms with Crippen LogP contribution in [0.2, 0.25) is 0 Å². The molecule has 1 saturated carbocycles. The van der Waals surface area contributed by atoms with Gasteiger partial charge in [0, 0.05) is 54.0 Å². The normalized spacial score (nSPS) is 28.4.